The fraction of sp³-hybridized carbons (Fsp3) is 0.538. The van der Waals surface area contributed by atoms with Crippen molar-refractivity contribution in [3.05, 3.63) is 22.3 Å². The molecule has 0 aliphatic carbocycles. The lowest BCUT2D eigenvalue weighted by Gasteiger charge is -2.24. The smallest absolute Gasteiger partial charge is 0.339 e. The second kappa shape index (κ2) is 6.11. The second-order valence-electron chi connectivity index (χ2n) is 4.95. The Morgan fingerprint density at radius 2 is 2.14 bits per heavy atom. The fourth-order valence-electron chi connectivity index (χ4n) is 2.30. The first-order valence-corrected chi connectivity index (χ1v) is 6.88. The maximum atomic E-state index is 13.4. The number of aromatic nitrogens is 1. The number of rotatable bonds is 3. The summed E-state index contributed by atoms with van der Waals surface area (Å²) in [5.41, 5.74) is -0.0184. The van der Waals surface area contributed by atoms with E-state index in [1.165, 1.54) is 11.0 Å². The van der Waals surface area contributed by atoms with Crippen LogP contribution in [0.4, 0.5) is 14.6 Å². The minimum Gasteiger partial charge on any atom is -0.478 e. The first kappa shape index (κ1) is 15.9. The van der Waals surface area contributed by atoms with Crippen molar-refractivity contribution in [2.24, 2.45) is 0 Å². The molecule has 21 heavy (non-hydrogen) atoms. The number of carbonyl (C=O) groups is 1. The quantitative estimate of drug-likeness (QED) is 0.895. The number of aliphatic hydroxyl groups excluding tert-OH is 1. The van der Waals surface area contributed by atoms with Gasteiger partial charge in [0.2, 0.25) is 5.92 Å². The van der Waals surface area contributed by atoms with Gasteiger partial charge in [0.15, 0.2) is 0 Å². The predicted molar refractivity (Wildman–Crippen MR) is 73.1 cm³/mol. The van der Waals surface area contributed by atoms with Crippen LogP contribution >= 0.6 is 11.6 Å². The molecule has 1 saturated heterocycles. The number of hydrogen-bond donors (Lipinski definition) is 2. The Morgan fingerprint density at radius 3 is 2.76 bits per heavy atom. The number of carboxylic acids is 1. The van der Waals surface area contributed by atoms with E-state index >= 15 is 0 Å². The monoisotopic (exact) mass is 320 g/mol. The normalized spacial score (nSPS) is 18.4. The second-order valence-corrected chi connectivity index (χ2v) is 5.36. The van der Waals surface area contributed by atoms with Crippen LogP contribution in [0.2, 0.25) is 5.02 Å². The van der Waals surface area contributed by atoms with Gasteiger partial charge in [-0.25, -0.2) is 18.6 Å². The van der Waals surface area contributed by atoms with E-state index in [2.05, 4.69) is 4.98 Å². The zero-order valence-electron chi connectivity index (χ0n) is 11.2. The highest BCUT2D eigenvalue weighted by atomic mass is 35.5. The average Bonchev–Trinajstić information content (AvgIpc) is 2.59. The van der Waals surface area contributed by atoms with Crippen molar-refractivity contribution >= 4 is 23.4 Å². The Morgan fingerprint density at radius 1 is 1.43 bits per heavy atom. The van der Waals surface area contributed by atoms with Gasteiger partial charge in [-0.05, 0) is 12.5 Å². The van der Waals surface area contributed by atoms with Crippen molar-refractivity contribution < 1.29 is 23.8 Å². The van der Waals surface area contributed by atoms with Crippen LogP contribution < -0.4 is 4.90 Å². The lowest BCUT2D eigenvalue weighted by atomic mass is 10.1. The van der Waals surface area contributed by atoms with Gasteiger partial charge in [0.25, 0.3) is 0 Å². The third kappa shape index (κ3) is 3.59. The van der Waals surface area contributed by atoms with E-state index in [-0.39, 0.29) is 54.4 Å². The molecular weight excluding hydrogens is 306 g/mol. The fourth-order valence-corrected chi connectivity index (χ4v) is 2.51. The maximum absolute atomic E-state index is 13.4. The molecule has 1 aliphatic rings. The number of aromatic carboxylic acids is 1. The van der Waals surface area contributed by atoms with Gasteiger partial charge in [-0.3, -0.25) is 0 Å². The minimum atomic E-state index is -2.75. The van der Waals surface area contributed by atoms with Crippen LogP contribution in [0, 0.1) is 0 Å². The summed E-state index contributed by atoms with van der Waals surface area (Å²) in [4.78, 5) is 16.9. The van der Waals surface area contributed by atoms with E-state index in [0.717, 1.165) is 0 Å². The molecule has 0 spiro atoms. The molecule has 5 nitrogen and oxygen atoms in total. The van der Waals surface area contributed by atoms with Crippen molar-refractivity contribution in [1.82, 2.24) is 4.98 Å². The molecule has 0 radical (unpaired) electrons. The molecule has 0 unspecified atom stereocenters. The van der Waals surface area contributed by atoms with Crippen LogP contribution in [0.3, 0.4) is 0 Å². The van der Waals surface area contributed by atoms with E-state index < -0.39 is 18.5 Å². The Balaban J connectivity index is 2.39. The molecule has 8 heteroatoms. The van der Waals surface area contributed by atoms with E-state index in [4.69, 9.17) is 11.6 Å². The molecule has 0 atom stereocenters. The van der Waals surface area contributed by atoms with Gasteiger partial charge < -0.3 is 15.1 Å². The highest BCUT2D eigenvalue weighted by Crippen LogP contribution is 2.32. The summed E-state index contributed by atoms with van der Waals surface area (Å²) in [7, 11) is 0. The maximum Gasteiger partial charge on any atom is 0.339 e. The molecule has 116 valence electrons. The highest BCUT2D eigenvalue weighted by molar-refractivity contribution is 6.31. The molecule has 1 aromatic heterocycles. The van der Waals surface area contributed by atoms with Gasteiger partial charge in [-0.2, -0.15) is 0 Å². The Kier molecular flexibility index (Phi) is 4.63. The number of pyridine rings is 1. The summed E-state index contributed by atoms with van der Waals surface area (Å²) in [6, 6.07) is 1.20. The predicted octanol–water partition coefficient (Wildman–Crippen LogP) is 2.55. The van der Waals surface area contributed by atoms with Crippen LogP contribution in [0.1, 0.15) is 35.3 Å². The van der Waals surface area contributed by atoms with Crippen LogP contribution in [0.25, 0.3) is 0 Å². The van der Waals surface area contributed by atoms with Gasteiger partial charge in [0.1, 0.15) is 11.4 Å². The summed E-state index contributed by atoms with van der Waals surface area (Å²) in [5, 5.41) is 18.4. The van der Waals surface area contributed by atoms with Crippen molar-refractivity contribution in [3.63, 3.8) is 0 Å². The molecule has 2 heterocycles. The number of nitrogens with zero attached hydrogens (tertiary/aromatic N) is 2. The van der Waals surface area contributed by atoms with E-state index in [9.17, 15) is 23.8 Å². The average molecular weight is 321 g/mol. The van der Waals surface area contributed by atoms with Crippen LogP contribution in [0.15, 0.2) is 6.07 Å². The summed E-state index contributed by atoms with van der Waals surface area (Å²) >= 11 is 5.84. The van der Waals surface area contributed by atoms with E-state index in [0.29, 0.717) is 0 Å². The van der Waals surface area contributed by atoms with E-state index in [1.807, 2.05) is 0 Å². The van der Waals surface area contributed by atoms with Gasteiger partial charge in [0, 0.05) is 25.9 Å². The highest BCUT2D eigenvalue weighted by Gasteiger charge is 2.33. The van der Waals surface area contributed by atoms with Gasteiger partial charge >= 0.3 is 5.97 Å². The molecule has 1 fully saturated rings. The largest absolute Gasteiger partial charge is 0.478 e. The molecular formula is C13H15ClF2N2O3. The molecule has 1 aromatic rings. The number of carboxylic acid groups (broad SMARTS) is 1. The molecule has 2 N–H and O–H groups in total. The Bertz CT molecular complexity index is 554. The topological polar surface area (TPSA) is 73.7 Å². The van der Waals surface area contributed by atoms with Crippen molar-refractivity contribution in [1.29, 1.82) is 0 Å². The Hall–Kier alpha value is -1.47. The van der Waals surface area contributed by atoms with Crippen LogP contribution in [-0.4, -0.2) is 40.2 Å². The van der Waals surface area contributed by atoms with Crippen molar-refractivity contribution in [2.45, 2.75) is 31.8 Å². The SMILES string of the molecule is O=C(O)c1cc(Cl)c(CO)nc1N1CCCC(F)(F)CC1. The zero-order valence-corrected chi connectivity index (χ0v) is 11.9. The molecule has 0 aromatic carbocycles. The molecule has 2 rings (SSSR count). The number of halogens is 3. The number of alkyl halides is 2. The van der Waals surface area contributed by atoms with Crippen LogP contribution in [-0.2, 0) is 6.61 Å². The summed E-state index contributed by atoms with van der Waals surface area (Å²) in [5.74, 6) is -3.90. The molecule has 0 amide bonds. The summed E-state index contributed by atoms with van der Waals surface area (Å²) in [6.07, 6.45) is -0.345. The minimum absolute atomic E-state index is 0.00673. The number of anilines is 1. The van der Waals surface area contributed by atoms with Gasteiger partial charge in [-0.1, -0.05) is 11.6 Å². The van der Waals surface area contributed by atoms with Gasteiger partial charge in [0.05, 0.1) is 17.3 Å². The first-order chi connectivity index (χ1) is 9.84. The standard InChI is InChI=1S/C13H15ClF2N2O3/c14-9-6-8(12(20)21)11(17-10(9)7-19)18-4-1-2-13(15,16)3-5-18/h6,19H,1-5,7H2,(H,20,21). The Labute approximate surface area is 125 Å². The van der Waals surface area contributed by atoms with Crippen molar-refractivity contribution in [2.75, 3.05) is 18.0 Å². The van der Waals surface area contributed by atoms with Crippen molar-refractivity contribution in [3.8, 4) is 0 Å². The van der Waals surface area contributed by atoms with Crippen LogP contribution in [0.5, 0.6) is 0 Å². The lowest BCUT2D eigenvalue weighted by Crippen LogP contribution is -2.28. The zero-order chi connectivity index (χ0) is 15.6. The summed E-state index contributed by atoms with van der Waals surface area (Å²) < 4.78 is 26.8. The van der Waals surface area contributed by atoms with Gasteiger partial charge in [-0.15, -0.1) is 0 Å². The third-order valence-electron chi connectivity index (χ3n) is 3.43. The molecule has 0 bridgehead atoms. The molecule has 1 aliphatic heterocycles. The number of hydrogen-bond acceptors (Lipinski definition) is 4. The molecule has 0 saturated carbocycles. The number of aliphatic hydroxyl groups is 1. The lowest BCUT2D eigenvalue weighted by molar-refractivity contribution is -0.0102. The third-order valence-corrected chi connectivity index (χ3v) is 3.75. The van der Waals surface area contributed by atoms with E-state index in [1.54, 1.807) is 0 Å². The summed E-state index contributed by atoms with van der Waals surface area (Å²) in [6.45, 7) is -0.155. The first-order valence-electron chi connectivity index (χ1n) is 6.50.